The van der Waals surface area contributed by atoms with Crippen LogP contribution in [0.3, 0.4) is 0 Å². The van der Waals surface area contributed by atoms with Crippen LogP contribution < -0.4 is 11.3 Å². The van der Waals surface area contributed by atoms with Gasteiger partial charge in [-0.2, -0.15) is 4.31 Å². The molecule has 0 bridgehead atoms. The van der Waals surface area contributed by atoms with Gasteiger partial charge in [-0.15, -0.1) is 0 Å². The number of aliphatic hydroxyl groups is 1. The van der Waals surface area contributed by atoms with Crippen LogP contribution in [0.25, 0.3) is 0 Å². The first-order valence-corrected chi connectivity index (χ1v) is 7.86. The van der Waals surface area contributed by atoms with E-state index in [0.29, 0.717) is 25.9 Å². The van der Waals surface area contributed by atoms with Gasteiger partial charge in [0.15, 0.2) is 0 Å². The molecule has 1 aromatic rings. The zero-order valence-corrected chi connectivity index (χ0v) is 12.0. The van der Waals surface area contributed by atoms with Crippen molar-refractivity contribution in [1.82, 2.24) is 14.3 Å². The highest BCUT2D eigenvalue weighted by atomic mass is 32.2. The van der Waals surface area contributed by atoms with Crippen LogP contribution in [-0.4, -0.2) is 47.0 Å². The molecule has 9 heteroatoms. The lowest BCUT2D eigenvalue weighted by Gasteiger charge is -2.32. The molecule has 0 amide bonds. The molecule has 1 aliphatic heterocycles. The van der Waals surface area contributed by atoms with Gasteiger partial charge in [0.25, 0.3) is 0 Å². The lowest BCUT2D eigenvalue weighted by molar-refractivity contribution is 0.0912. The second kappa shape index (κ2) is 6.00. The van der Waals surface area contributed by atoms with Gasteiger partial charge in [0.2, 0.25) is 16.0 Å². The first kappa shape index (κ1) is 15.1. The quantitative estimate of drug-likeness (QED) is 0.508. The summed E-state index contributed by atoms with van der Waals surface area (Å²) >= 11 is 0. The van der Waals surface area contributed by atoms with Crippen molar-refractivity contribution in [2.75, 3.05) is 18.5 Å². The summed E-state index contributed by atoms with van der Waals surface area (Å²) in [5.74, 6) is 5.45. The van der Waals surface area contributed by atoms with Crippen LogP contribution in [-0.2, 0) is 10.0 Å². The molecule has 1 unspecified atom stereocenters. The van der Waals surface area contributed by atoms with Crippen molar-refractivity contribution in [1.29, 1.82) is 0 Å². The van der Waals surface area contributed by atoms with Gasteiger partial charge in [0, 0.05) is 13.1 Å². The third kappa shape index (κ3) is 3.06. The number of piperidine rings is 1. The van der Waals surface area contributed by atoms with Crippen molar-refractivity contribution in [2.45, 2.75) is 30.8 Å². The van der Waals surface area contributed by atoms with Crippen molar-refractivity contribution in [2.24, 2.45) is 11.8 Å². The van der Waals surface area contributed by atoms with Gasteiger partial charge < -0.3 is 5.11 Å². The lowest BCUT2D eigenvalue weighted by Crippen LogP contribution is -2.40. The normalized spacial score (nSPS) is 19.8. The number of rotatable bonds is 4. The van der Waals surface area contributed by atoms with Crippen molar-refractivity contribution in [3.8, 4) is 0 Å². The number of aliphatic hydroxyl groups excluding tert-OH is 1. The molecule has 1 fully saturated rings. The maximum absolute atomic E-state index is 12.4. The number of nitrogens with two attached hydrogens (primary N) is 1. The topological polar surface area (TPSA) is 121 Å². The van der Waals surface area contributed by atoms with Crippen molar-refractivity contribution in [3.05, 3.63) is 12.4 Å². The minimum absolute atomic E-state index is 0.0481. The first-order chi connectivity index (χ1) is 9.45. The van der Waals surface area contributed by atoms with Gasteiger partial charge in [-0.05, 0) is 25.7 Å². The molecule has 4 N–H and O–H groups in total. The molecule has 0 saturated carbocycles. The van der Waals surface area contributed by atoms with E-state index in [1.54, 1.807) is 6.92 Å². The third-order valence-corrected chi connectivity index (χ3v) is 5.43. The van der Waals surface area contributed by atoms with E-state index in [1.165, 1.54) is 16.7 Å². The van der Waals surface area contributed by atoms with Gasteiger partial charge in [-0.3, -0.25) is 5.43 Å². The Kier molecular flexibility index (Phi) is 4.53. The Hall–Kier alpha value is -1.29. The SMILES string of the molecule is CC(O)C1CCN(S(=O)(=O)c2cnc(NN)nc2)CC1. The van der Waals surface area contributed by atoms with Crippen LogP contribution in [0.1, 0.15) is 19.8 Å². The molecular formula is C11H19N5O3S. The van der Waals surface area contributed by atoms with Crippen LogP contribution >= 0.6 is 0 Å². The molecule has 0 radical (unpaired) electrons. The molecule has 0 aliphatic carbocycles. The molecule has 112 valence electrons. The van der Waals surface area contributed by atoms with E-state index in [4.69, 9.17) is 5.84 Å². The molecule has 1 aliphatic rings. The summed E-state index contributed by atoms with van der Waals surface area (Å²) in [5.41, 5.74) is 2.24. The Balaban J connectivity index is 2.11. The van der Waals surface area contributed by atoms with Gasteiger partial charge in [0.1, 0.15) is 4.90 Å². The van der Waals surface area contributed by atoms with Crippen LogP contribution in [0.15, 0.2) is 17.3 Å². The second-order valence-electron chi connectivity index (χ2n) is 4.87. The standard InChI is InChI=1S/C11H19N5O3S/c1-8(17)9-2-4-16(5-3-9)20(18,19)10-6-13-11(15-12)14-7-10/h6-9,17H,2-5,12H2,1H3,(H,13,14,15). The summed E-state index contributed by atoms with van der Waals surface area (Å²) < 4.78 is 26.2. The van der Waals surface area contributed by atoms with Gasteiger partial charge in [-0.25, -0.2) is 24.2 Å². The van der Waals surface area contributed by atoms with Gasteiger partial charge in [-0.1, -0.05) is 0 Å². The molecule has 0 aromatic carbocycles. The maximum atomic E-state index is 12.4. The number of hydrogen-bond donors (Lipinski definition) is 3. The molecule has 0 spiro atoms. The number of sulfonamides is 1. The summed E-state index contributed by atoms with van der Waals surface area (Å²) in [6, 6.07) is 0. The number of hydrazine groups is 1. The number of nitrogens with zero attached hydrogens (tertiary/aromatic N) is 3. The molecule has 2 rings (SSSR count). The number of hydrogen-bond acceptors (Lipinski definition) is 7. The smallest absolute Gasteiger partial charge is 0.246 e. The Bertz CT molecular complexity index is 538. The van der Waals surface area contributed by atoms with E-state index in [0.717, 1.165) is 0 Å². The Morgan fingerprint density at radius 2 is 1.95 bits per heavy atom. The number of nitrogens with one attached hydrogen (secondary N) is 1. The highest BCUT2D eigenvalue weighted by Gasteiger charge is 2.31. The zero-order chi connectivity index (χ0) is 14.8. The van der Waals surface area contributed by atoms with E-state index in [2.05, 4.69) is 15.4 Å². The van der Waals surface area contributed by atoms with E-state index < -0.39 is 16.1 Å². The molecule has 1 aromatic heterocycles. The van der Waals surface area contributed by atoms with Crippen molar-refractivity contribution in [3.63, 3.8) is 0 Å². The predicted molar refractivity (Wildman–Crippen MR) is 73.0 cm³/mol. The minimum atomic E-state index is -3.58. The fourth-order valence-electron chi connectivity index (χ4n) is 2.27. The lowest BCUT2D eigenvalue weighted by atomic mass is 9.93. The van der Waals surface area contributed by atoms with Crippen LogP contribution in [0.4, 0.5) is 5.95 Å². The number of aromatic nitrogens is 2. The fraction of sp³-hybridized carbons (Fsp3) is 0.636. The third-order valence-electron chi connectivity index (χ3n) is 3.58. The average Bonchev–Trinajstić information content (AvgIpc) is 2.47. The summed E-state index contributed by atoms with van der Waals surface area (Å²) in [6.07, 6.45) is 3.37. The van der Waals surface area contributed by atoms with E-state index in [9.17, 15) is 13.5 Å². The molecule has 20 heavy (non-hydrogen) atoms. The largest absolute Gasteiger partial charge is 0.393 e. The van der Waals surface area contributed by atoms with Gasteiger partial charge >= 0.3 is 0 Å². The Labute approximate surface area is 118 Å². The monoisotopic (exact) mass is 301 g/mol. The second-order valence-corrected chi connectivity index (χ2v) is 6.81. The van der Waals surface area contributed by atoms with Crippen LogP contribution in [0.2, 0.25) is 0 Å². The Morgan fingerprint density at radius 3 is 2.40 bits per heavy atom. The predicted octanol–water partition coefficient (Wildman–Crippen LogP) is -0.456. The summed E-state index contributed by atoms with van der Waals surface area (Å²) in [7, 11) is -3.58. The summed E-state index contributed by atoms with van der Waals surface area (Å²) in [6.45, 7) is 2.53. The van der Waals surface area contributed by atoms with Crippen LogP contribution in [0.5, 0.6) is 0 Å². The van der Waals surface area contributed by atoms with Crippen LogP contribution in [0, 0.1) is 5.92 Å². The van der Waals surface area contributed by atoms with E-state index in [1.807, 2.05) is 0 Å². The van der Waals surface area contributed by atoms with E-state index in [-0.39, 0.29) is 16.8 Å². The molecule has 1 saturated heterocycles. The van der Waals surface area contributed by atoms with E-state index >= 15 is 0 Å². The van der Waals surface area contributed by atoms with Crippen molar-refractivity contribution >= 4 is 16.0 Å². The number of anilines is 1. The first-order valence-electron chi connectivity index (χ1n) is 6.42. The zero-order valence-electron chi connectivity index (χ0n) is 11.2. The molecule has 2 heterocycles. The number of nitrogen functional groups attached to an aromatic ring is 1. The fourth-order valence-corrected chi connectivity index (χ4v) is 3.63. The summed E-state index contributed by atoms with van der Waals surface area (Å²) in [4.78, 5) is 7.66. The Morgan fingerprint density at radius 1 is 1.40 bits per heavy atom. The highest BCUT2D eigenvalue weighted by Crippen LogP contribution is 2.25. The summed E-state index contributed by atoms with van der Waals surface area (Å²) in [5, 5.41) is 9.53. The van der Waals surface area contributed by atoms with Crippen molar-refractivity contribution < 1.29 is 13.5 Å². The van der Waals surface area contributed by atoms with Gasteiger partial charge in [0.05, 0.1) is 18.5 Å². The molecule has 8 nitrogen and oxygen atoms in total. The molecule has 1 atom stereocenters. The average molecular weight is 301 g/mol. The minimum Gasteiger partial charge on any atom is -0.393 e. The molecular weight excluding hydrogens is 282 g/mol. The maximum Gasteiger partial charge on any atom is 0.246 e. The highest BCUT2D eigenvalue weighted by molar-refractivity contribution is 7.89.